The molecule has 1 amide bonds. The molecule has 0 aliphatic heterocycles. The maximum absolute atomic E-state index is 14.2. The van der Waals surface area contributed by atoms with Gasteiger partial charge >= 0.3 is 6.09 Å². The Morgan fingerprint density at radius 2 is 1.78 bits per heavy atom. The molecule has 0 saturated carbocycles. The van der Waals surface area contributed by atoms with E-state index in [4.69, 9.17) is 32.7 Å². The van der Waals surface area contributed by atoms with Gasteiger partial charge in [-0.3, -0.25) is 10.1 Å². The Kier molecular flexibility index (Phi) is 6.34. The van der Waals surface area contributed by atoms with Crippen LogP contribution < -0.4 is 10.1 Å². The Hall–Kier alpha value is -2.31. The maximum atomic E-state index is 14.2. The first-order valence-corrected chi connectivity index (χ1v) is 8.65. The minimum atomic E-state index is -0.791. The second-order valence-corrected chi connectivity index (χ2v) is 7.37. The van der Waals surface area contributed by atoms with Gasteiger partial charge in [0.2, 0.25) is 0 Å². The quantitative estimate of drug-likeness (QED) is 0.650. The van der Waals surface area contributed by atoms with E-state index in [2.05, 4.69) is 5.32 Å². The Morgan fingerprint density at radius 1 is 1.11 bits per heavy atom. The maximum Gasteiger partial charge on any atom is 0.412 e. The molecule has 0 saturated heterocycles. The van der Waals surface area contributed by atoms with Gasteiger partial charge in [0.25, 0.3) is 0 Å². The smallest absolute Gasteiger partial charge is 0.412 e. The van der Waals surface area contributed by atoms with Crippen molar-refractivity contribution >= 4 is 40.8 Å². The molecule has 0 heterocycles. The first-order valence-electron chi connectivity index (χ1n) is 7.89. The van der Waals surface area contributed by atoms with Crippen LogP contribution >= 0.6 is 23.2 Å². The highest BCUT2D eigenvalue weighted by molar-refractivity contribution is 6.45. The zero-order chi connectivity index (χ0) is 20.4. The van der Waals surface area contributed by atoms with Crippen LogP contribution in [0.5, 0.6) is 5.75 Å². The average molecular weight is 414 g/mol. The first-order chi connectivity index (χ1) is 12.5. The summed E-state index contributed by atoms with van der Waals surface area (Å²) in [5.41, 5.74) is -1.12. The fraction of sp³-hybridized carbons (Fsp3) is 0.263. The number of carbonyl (C=O) groups is 2. The number of anilines is 1. The van der Waals surface area contributed by atoms with Crippen molar-refractivity contribution in [3.63, 3.8) is 0 Å². The molecule has 0 spiro atoms. The van der Waals surface area contributed by atoms with Crippen LogP contribution in [0.1, 0.15) is 36.7 Å². The van der Waals surface area contributed by atoms with E-state index in [-0.39, 0.29) is 26.9 Å². The van der Waals surface area contributed by atoms with Crippen LogP contribution in [0.25, 0.3) is 0 Å². The molecule has 8 heteroatoms. The Morgan fingerprint density at radius 3 is 2.37 bits per heavy atom. The number of nitrogens with one attached hydrogen (secondary N) is 1. The van der Waals surface area contributed by atoms with Gasteiger partial charge in [-0.25, -0.2) is 9.18 Å². The summed E-state index contributed by atoms with van der Waals surface area (Å²) in [6, 6.07) is 6.53. The lowest BCUT2D eigenvalue weighted by molar-refractivity contribution is 0.0636. The predicted octanol–water partition coefficient (Wildman–Crippen LogP) is 5.72. The van der Waals surface area contributed by atoms with Crippen LogP contribution in [0, 0.1) is 5.82 Å². The summed E-state index contributed by atoms with van der Waals surface area (Å²) in [4.78, 5) is 25.1. The number of methoxy groups -OCH3 is 1. The zero-order valence-corrected chi connectivity index (χ0v) is 16.7. The first kappa shape index (κ1) is 21.0. The minimum Gasteiger partial charge on any atom is -0.497 e. The van der Waals surface area contributed by atoms with Gasteiger partial charge in [0.05, 0.1) is 34.0 Å². The van der Waals surface area contributed by atoms with Gasteiger partial charge < -0.3 is 9.47 Å². The second kappa shape index (κ2) is 8.15. The van der Waals surface area contributed by atoms with E-state index in [0.717, 1.165) is 6.07 Å². The monoisotopic (exact) mass is 413 g/mol. The van der Waals surface area contributed by atoms with Crippen LogP contribution in [0.4, 0.5) is 14.9 Å². The summed E-state index contributed by atoms with van der Waals surface area (Å²) in [5, 5.41) is 2.42. The largest absolute Gasteiger partial charge is 0.497 e. The Bertz CT molecular complexity index is 894. The number of rotatable bonds is 4. The van der Waals surface area contributed by atoms with Crippen LogP contribution in [0.3, 0.4) is 0 Å². The number of ketones is 1. The van der Waals surface area contributed by atoms with Gasteiger partial charge in [-0.1, -0.05) is 23.2 Å². The lowest BCUT2D eigenvalue weighted by Gasteiger charge is -2.20. The molecular weight excluding hydrogens is 396 g/mol. The van der Waals surface area contributed by atoms with Gasteiger partial charge in [-0.2, -0.15) is 0 Å². The van der Waals surface area contributed by atoms with E-state index in [1.54, 1.807) is 20.8 Å². The van der Waals surface area contributed by atoms with Crippen LogP contribution in [0.2, 0.25) is 10.0 Å². The standard InChI is InChI=1S/C19H18Cl2FNO4/c1-19(2,3)27-18(25)23-14-8-6-12(20)16(21)15(14)17(24)11-9-10(26-4)5-7-13(11)22/h5-9H,1-4H3,(H,23,25). The van der Waals surface area contributed by atoms with Crippen molar-refractivity contribution in [3.05, 3.63) is 57.3 Å². The number of hydrogen-bond acceptors (Lipinski definition) is 4. The zero-order valence-electron chi connectivity index (χ0n) is 15.2. The highest BCUT2D eigenvalue weighted by Crippen LogP contribution is 2.34. The Labute approximate surface area is 166 Å². The normalized spacial score (nSPS) is 11.1. The van der Waals surface area contributed by atoms with Crippen molar-refractivity contribution < 1.29 is 23.5 Å². The van der Waals surface area contributed by atoms with Crippen molar-refractivity contribution in [1.29, 1.82) is 0 Å². The molecule has 0 bridgehead atoms. The molecule has 0 aliphatic carbocycles. The van der Waals surface area contributed by atoms with Crippen molar-refractivity contribution in [3.8, 4) is 5.75 Å². The molecule has 0 radical (unpaired) electrons. The summed E-state index contributed by atoms with van der Waals surface area (Å²) in [6.45, 7) is 5.08. The third kappa shape index (κ3) is 5.11. The van der Waals surface area contributed by atoms with Crippen LogP contribution in [-0.4, -0.2) is 24.6 Å². The molecule has 0 aromatic heterocycles. The molecule has 2 aromatic carbocycles. The predicted molar refractivity (Wildman–Crippen MR) is 103 cm³/mol. The van der Waals surface area contributed by atoms with Crippen molar-refractivity contribution in [2.24, 2.45) is 0 Å². The molecule has 2 aromatic rings. The Balaban J connectivity index is 2.51. The van der Waals surface area contributed by atoms with Crippen LogP contribution in [0.15, 0.2) is 30.3 Å². The molecule has 2 rings (SSSR count). The van der Waals surface area contributed by atoms with E-state index < -0.39 is 23.3 Å². The summed E-state index contributed by atoms with van der Waals surface area (Å²) in [7, 11) is 1.39. The van der Waals surface area contributed by atoms with Crippen molar-refractivity contribution in [2.75, 3.05) is 12.4 Å². The summed E-state index contributed by atoms with van der Waals surface area (Å²) in [6.07, 6.45) is -0.791. The fourth-order valence-corrected chi connectivity index (χ4v) is 2.64. The summed E-state index contributed by atoms with van der Waals surface area (Å²) < 4.78 is 24.4. The van der Waals surface area contributed by atoms with Gasteiger partial charge in [0, 0.05) is 0 Å². The lowest BCUT2D eigenvalue weighted by atomic mass is 10.0. The van der Waals surface area contributed by atoms with E-state index in [1.165, 1.54) is 31.4 Å². The average Bonchev–Trinajstić information content (AvgIpc) is 2.56. The van der Waals surface area contributed by atoms with Gasteiger partial charge in [-0.15, -0.1) is 0 Å². The SMILES string of the molecule is COc1ccc(F)c(C(=O)c2c(NC(=O)OC(C)(C)C)ccc(Cl)c2Cl)c1. The number of amides is 1. The number of hydrogen-bond donors (Lipinski definition) is 1. The molecule has 0 fully saturated rings. The molecular formula is C19H18Cl2FNO4. The second-order valence-electron chi connectivity index (χ2n) is 6.59. The van der Waals surface area contributed by atoms with E-state index in [1.807, 2.05) is 0 Å². The number of carbonyl (C=O) groups excluding carboxylic acids is 2. The van der Waals surface area contributed by atoms with E-state index >= 15 is 0 Å². The van der Waals surface area contributed by atoms with Gasteiger partial charge in [-0.05, 0) is 51.1 Å². The van der Waals surface area contributed by atoms with E-state index in [9.17, 15) is 14.0 Å². The molecule has 27 heavy (non-hydrogen) atoms. The van der Waals surface area contributed by atoms with Crippen molar-refractivity contribution in [2.45, 2.75) is 26.4 Å². The molecule has 0 aliphatic rings. The van der Waals surface area contributed by atoms with Gasteiger partial charge in [0.1, 0.15) is 17.2 Å². The number of halogens is 3. The van der Waals surface area contributed by atoms with Crippen LogP contribution in [-0.2, 0) is 4.74 Å². The molecule has 0 atom stereocenters. The molecule has 5 nitrogen and oxygen atoms in total. The van der Waals surface area contributed by atoms with E-state index in [0.29, 0.717) is 5.75 Å². The van der Waals surface area contributed by atoms with Crippen molar-refractivity contribution in [1.82, 2.24) is 0 Å². The summed E-state index contributed by atoms with van der Waals surface area (Å²) >= 11 is 12.2. The summed E-state index contributed by atoms with van der Waals surface area (Å²) in [5.74, 6) is -1.23. The minimum absolute atomic E-state index is 0.0471. The molecule has 1 N–H and O–H groups in total. The molecule has 0 unspecified atom stereocenters. The lowest BCUT2D eigenvalue weighted by Crippen LogP contribution is -2.28. The third-order valence-electron chi connectivity index (χ3n) is 3.38. The number of ether oxygens (including phenoxy) is 2. The number of benzene rings is 2. The highest BCUT2D eigenvalue weighted by Gasteiger charge is 2.25. The molecule has 144 valence electrons. The highest BCUT2D eigenvalue weighted by atomic mass is 35.5. The third-order valence-corrected chi connectivity index (χ3v) is 4.18. The van der Waals surface area contributed by atoms with Gasteiger partial charge in [0.15, 0.2) is 5.78 Å². The topological polar surface area (TPSA) is 64.6 Å². The fourth-order valence-electron chi connectivity index (χ4n) is 2.23.